The summed E-state index contributed by atoms with van der Waals surface area (Å²) in [5.41, 5.74) is 4.33. The van der Waals surface area contributed by atoms with Gasteiger partial charge in [-0.05, 0) is 65.2 Å². The molecule has 0 saturated heterocycles. The van der Waals surface area contributed by atoms with Crippen molar-refractivity contribution in [2.24, 2.45) is 5.92 Å². The molecule has 0 saturated carbocycles. The number of carbonyl (C=O) groups is 2. The average Bonchev–Trinajstić information content (AvgIpc) is 3.22. The van der Waals surface area contributed by atoms with Crippen molar-refractivity contribution in [3.8, 4) is 11.3 Å². The molecule has 0 radical (unpaired) electrons. The Bertz CT molecular complexity index is 1330. The summed E-state index contributed by atoms with van der Waals surface area (Å²) in [6.45, 7) is 3.98. The summed E-state index contributed by atoms with van der Waals surface area (Å²) < 4.78 is 13.2. The van der Waals surface area contributed by atoms with E-state index in [0.29, 0.717) is 22.8 Å². The Labute approximate surface area is 196 Å². The molecule has 2 N–H and O–H groups in total. The largest absolute Gasteiger partial charge is 0.352 e. The van der Waals surface area contributed by atoms with E-state index >= 15 is 0 Å². The molecule has 5 nitrogen and oxygen atoms in total. The lowest BCUT2D eigenvalue weighted by Crippen LogP contribution is -2.27. The highest BCUT2D eigenvalue weighted by Gasteiger charge is 2.14. The highest BCUT2D eigenvalue weighted by Crippen LogP contribution is 2.25. The SMILES string of the molecule is CC(C)C(=O)NCc1ccc(Cl)c(C(=O)Cc2cnc3[nH]c(-c4ccc(F)cc4)cc3c2)c1. The second-order valence-electron chi connectivity index (χ2n) is 8.26. The molecule has 0 aliphatic carbocycles. The lowest BCUT2D eigenvalue weighted by Gasteiger charge is -2.10. The van der Waals surface area contributed by atoms with Crippen LogP contribution in [0.1, 0.15) is 35.3 Å². The standard InChI is InChI=1S/C26H23ClFN3O2/c1-15(2)26(33)30-13-16-3-8-22(27)21(10-16)24(32)11-17-9-19-12-23(31-25(19)29-14-17)18-4-6-20(28)7-5-18/h3-10,12,14-15H,11,13H2,1-2H3,(H,29,31)(H,30,33). The van der Waals surface area contributed by atoms with Gasteiger partial charge in [0, 0.05) is 41.7 Å². The quantitative estimate of drug-likeness (QED) is 0.344. The second kappa shape index (κ2) is 9.55. The number of ketones is 1. The average molecular weight is 464 g/mol. The van der Waals surface area contributed by atoms with E-state index in [1.54, 1.807) is 36.5 Å². The second-order valence-corrected chi connectivity index (χ2v) is 8.67. The molecule has 33 heavy (non-hydrogen) atoms. The number of nitrogens with zero attached hydrogens (tertiary/aromatic N) is 1. The Hall–Kier alpha value is -3.51. The topological polar surface area (TPSA) is 74.8 Å². The van der Waals surface area contributed by atoms with Crippen LogP contribution in [0.25, 0.3) is 22.3 Å². The van der Waals surface area contributed by atoms with Gasteiger partial charge >= 0.3 is 0 Å². The fourth-order valence-electron chi connectivity index (χ4n) is 3.51. The van der Waals surface area contributed by atoms with Crippen LogP contribution in [0.4, 0.5) is 4.39 Å². The van der Waals surface area contributed by atoms with Crippen molar-refractivity contribution in [1.82, 2.24) is 15.3 Å². The van der Waals surface area contributed by atoms with Gasteiger partial charge in [0.15, 0.2) is 5.78 Å². The van der Waals surface area contributed by atoms with Gasteiger partial charge in [-0.2, -0.15) is 0 Å². The minimum atomic E-state index is -0.293. The molecule has 2 aromatic carbocycles. The van der Waals surface area contributed by atoms with E-state index in [9.17, 15) is 14.0 Å². The molecule has 0 spiro atoms. The lowest BCUT2D eigenvalue weighted by molar-refractivity contribution is -0.124. The van der Waals surface area contributed by atoms with Crippen LogP contribution < -0.4 is 5.32 Å². The molecule has 0 bridgehead atoms. The van der Waals surface area contributed by atoms with Gasteiger partial charge in [-0.25, -0.2) is 9.37 Å². The number of aromatic amines is 1. The first-order valence-electron chi connectivity index (χ1n) is 10.6. The first-order chi connectivity index (χ1) is 15.8. The highest BCUT2D eigenvalue weighted by atomic mass is 35.5. The number of nitrogens with one attached hydrogen (secondary N) is 2. The molecule has 1 amide bonds. The van der Waals surface area contributed by atoms with Crippen molar-refractivity contribution in [3.05, 3.63) is 88.3 Å². The molecule has 0 aliphatic heterocycles. The van der Waals surface area contributed by atoms with Gasteiger partial charge in [0.1, 0.15) is 11.5 Å². The molecule has 4 rings (SSSR count). The molecule has 4 aromatic rings. The van der Waals surface area contributed by atoms with Crippen molar-refractivity contribution >= 4 is 34.3 Å². The zero-order valence-corrected chi connectivity index (χ0v) is 19.0. The molecule has 7 heteroatoms. The van der Waals surface area contributed by atoms with Gasteiger partial charge in [0.2, 0.25) is 5.91 Å². The number of hydrogen-bond acceptors (Lipinski definition) is 3. The van der Waals surface area contributed by atoms with E-state index in [1.165, 1.54) is 12.1 Å². The Morgan fingerprint density at radius 3 is 2.55 bits per heavy atom. The molecule has 0 fully saturated rings. The fraction of sp³-hybridized carbons (Fsp3) is 0.192. The summed E-state index contributed by atoms with van der Waals surface area (Å²) in [6, 6.07) is 15.2. The van der Waals surface area contributed by atoms with Crippen LogP contribution in [-0.2, 0) is 17.8 Å². The Kier molecular flexibility index (Phi) is 6.56. The maximum atomic E-state index is 13.2. The van der Waals surface area contributed by atoms with Crippen LogP contribution in [0.5, 0.6) is 0 Å². The summed E-state index contributed by atoms with van der Waals surface area (Å²) in [5, 5.41) is 4.07. The summed E-state index contributed by atoms with van der Waals surface area (Å²) in [7, 11) is 0. The van der Waals surface area contributed by atoms with Crippen LogP contribution in [0.2, 0.25) is 5.02 Å². The van der Waals surface area contributed by atoms with Crippen LogP contribution in [0.3, 0.4) is 0 Å². The number of benzene rings is 2. The van der Waals surface area contributed by atoms with E-state index in [0.717, 1.165) is 27.8 Å². The molecule has 0 aliphatic rings. The first kappa shape index (κ1) is 22.7. The van der Waals surface area contributed by atoms with E-state index in [2.05, 4.69) is 15.3 Å². The maximum absolute atomic E-state index is 13.2. The van der Waals surface area contributed by atoms with Crippen molar-refractivity contribution in [2.45, 2.75) is 26.8 Å². The smallest absolute Gasteiger partial charge is 0.222 e. The number of pyridine rings is 1. The van der Waals surface area contributed by atoms with Crippen LogP contribution in [0, 0.1) is 11.7 Å². The molecule has 0 unspecified atom stereocenters. The number of halogens is 2. The van der Waals surface area contributed by atoms with Gasteiger partial charge < -0.3 is 10.3 Å². The molecule has 2 aromatic heterocycles. The number of aromatic nitrogens is 2. The number of Topliss-reactive ketones (excluding diaryl/α,β-unsaturated/α-hetero) is 1. The van der Waals surface area contributed by atoms with Gasteiger partial charge in [0.05, 0.1) is 5.02 Å². The van der Waals surface area contributed by atoms with E-state index in [4.69, 9.17) is 11.6 Å². The lowest BCUT2D eigenvalue weighted by atomic mass is 10.0. The van der Waals surface area contributed by atoms with Gasteiger partial charge in [-0.15, -0.1) is 0 Å². The monoisotopic (exact) mass is 463 g/mol. The Morgan fingerprint density at radius 2 is 1.82 bits per heavy atom. The van der Waals surface area contributed by atoms with Crippen molar-refractivity contribution in [2.75, 3.05) is 0 Å². The Balaban J connectivity index is 1.52. The molecule has 168 valence electrons. The molecular formula is C26H23ClFN3O2. The zero-order valence-electron chi connectivity index (χ0n) is 18.3. The third kappa shape index (κ3) is 5.29. The minimum Gasteiger partial charge on any atom is -0.352 e. The predicted octanol–water partition coefficient (Wildman–Crippen LogP) is 5.72. The summed E-state index contributed by atoms with van der Waals surface area (Å²) in [4.78, 5) is 32.5. The summed E-state index contributed by atoms with van der Waals surface area (Å²) >= 11 is 6.29. The van der Waals surface area contributed by atoms with Crippen LogP contribution >= 0.6 is 11.6 Å². The number of hydrogen-bond donors (Lipinski definition) is 2. The number of carbonyl (C=O) groups excluding carboxylic acids is 2. The van der Waals surface area contributed by atoms with Crippen LogP contribution in [0.15, 0.2) is 60.8 Å². The maximum Gasteiger partial charge on any atom is 0.222 e. The van der Waals surface area contributed by atoms with E-state index in [1.807, 2.05) is 26.0 Å². The van der Waals surface area contributed by atoms with Gasteiger partial charge in [-0.1, -0.05) is 31.5 Å². The summed E-state index contributed by atoms with van der Waals surface area (Å²) in [6.07, 6.45) is 1.80. The molecule has 0 atom stereocenters. The first-order valence-corrected chi connectivity index (χ1v) is 11.0. The van der Waals surface area contributed by atoms with E-state index < -0.39 is 0 Å². The number of fused-ring (bicyclic) bond motifs is 1. The van der Waals surface area contributed by atoms with Gasteiger partial charge in [-0.3, -0.25) is 9.59 Å². The van der Waals surface area contributed by atoms with Crippen molar-refractivity contribution in [3.63, 3.8) is 0 Å². The van der Waals surface area contributed by atoms with Crippen molar-refractivity contribution < 1.29 is 14.0 Å². The third-order valence-electron chi connectivity index (χ3n) is 5.37. The van der Waals surface area contributed by atoms with E-state index in [-0.39, 0.29) is 29.8 Å². The van der Waals surface area contributed by atoms with Crippen molar-refractivity contribution in [1.29, 1.82) is 0 Å². The van der Waals surface area contributed by atoms with Gasteiger partial charge in [0.25, 0.3) is 0 Å². The normalized spacial score (nSPS) is 11.2. The highest BCUT2D eigenvalue weighted by molar-refractivity contribution is 6.34. The number of amides is 1. The van der Waals surface area contributed by atoms with Crippen LogP contribution in [-0.4, -0.2) is 21.7 Å². The predicted molar refractivity (Wildman–Crippen MR) is 128 cm³/mol. The minimum absolute atomic E-state index is 0.0521. The third-order valence-corrected chi connectivity index (χ3v) is 5.70. The summed E-state index contributed by atoms with van der Waals surface area (Å²) in [5.74, 6) is -0.590. The zero-order chi connectivity index (χ0) is 23.5. The number of rotatable bonds is 7. The number of H-pyrrole nitrogens is 1. The molecule has 2 heterocycles. The molecular weight excluding hydrogens is 441 g/mol. The Morgan fingerprint density at radius 1 is 1.06 bits per heavy atom. The fourth-order valence-corrected chi connectivity index (χ4v) is 3.74.